The number of hydrogen-bond donors (Lipinski definition) is 2. The molecule has 2 atom stereocenters. The molecule has 0 radical (unpaired) electrons. The first kappa shape index (κ1) is 14.2. The van der Waals surface area contributed by atoms with Gasteiger partial charge in [0.2, 0.25) is 0 Å². The molecule has 0 aliphatic carbocycles. The fourth-order valence-electron chi connectivity index (χ4n) is 1.08. The molecule has 1 rings (SSSR count). The zero-order valence-electron chi connectivity index (χ0n) is 9.86. The summed E-state index contributed by atoms with van der Waals surface area (Å²) in [5.41, 5.74) is 0. The largest absolute Gasteiger partial charge is 0.465 e. The zero-order chi connectivity index (χ0) is 13.0. The summed E-state index contributed by atoms with van der Waals surface area (Å²) in [6, 6.07) is 0.0349. The van der Waals surface area contributed by atoms with Crippen molar-refractivity contribution in [2.24, 2.45) is 5.92 Å². The average Bonchev–Trinajstić information content (AvgIpc) is 2.67. The summed E-state index contributed by atoms with van der Waals surface area (Å²) in [6.07, 6.45) is 0. The van der Waals surface area contributed by atoms with Gasteiger partial charge in [-0.25, -0.2) is 9.78 Å². The maximum atomic E-state index is 11.3. The lowest BCUT2D eigenvalue weighted by Crippen LogP contribution is -2.26. The highest BCUT2D eigenvalue weighted by atomic mass is 35.5. The van der Waals surface area contributed by atoms with Gasteiger partial charge in [0.25, 0.3) is 0 Å². The lowest BCUT2D eigenvalue weighted by Gasteiger charge is -2.18. The molecule has 0 amide bonds. The summed E-state index contributed by atoms with van der Waals surface area (Å²) in [7, 11) is 1.29. The number of ether oxygens (including phenoxy) is 1. The van der Waals surface area contributed by atoms with Crippen LogP contribution >= 0.6 is 22.9 Å². The Bertz CT molecular complexity index is 397. The van der Waals surface area contributed by atoms with Crippen LogP contribution in [0.15, 0.2) is 0 Å². The molecule has 1 heterocycles. The van der Waals surface area contributed by atoms with E-state index in [0.717, 1.165) is 11.3 Å². The number of methoxy groups -OCH3 is 1. The monoisotopic (exact) mass is 278 g/mol. The molecule has 2 unspecified atom stereocenters. The standard InChI is InChI=1S/C10H15ClN2O3S/c1-5(4-14)6(2)12-10-13-8(11)7(17-10)9(15)16-3/h5-6,14H,4H2,1-3H3,(H,12,13). The molecule has 0 saturated heterocycles. The van der Waals surface area contributed by atoms with E-state index >= 15 is 0 Å². The minimum Gasteiger partial charge on any atom is -0.465 e. The minimum absolute atomic E-state index is 0.0349. The van der Waals surface area contributed by atoms with Crippen LogP contribution in [0, 0.1) is 5.92 Å². The van der Waals surface area contributed by atoms with Crippen LogP contribution in [-0.4, -0.2) is 35.8 Å². The molecule has 2 N–H and O–H groups in total. The number of rotatable bonds is 5. The Morgan fingerprint density at radius 3 is 2.82 bits per heavy atom. The van der Waals surface area contributed by atoms with Gasteiger partial charge in [0.1, 0.15) is 0 Å². The van der Waals surface area contributed by atoms with Gasteiger partial charge in [-0.1, -0.05) is 29.9 Å². The molecule has 0 aromatic carbocycles. The van der Waals surface area contributed by atoms with Crippen LogP contribution in [0.5, 0.6) is 0 Å². The van der Waals surface area contributed by atoms with E-state index in [4.69, 9.17) is 16.7 Å². The number of anilines is 1. The van der Waals surface area contributed by atoms with Crippen LogP contribution in [0.1, 0.15) is 23.5 Å². The number of nitrogens with one attached hydrogen (secondary N) is 1. The lowest BCUT2D eigenvalue weighted by atomic mass is 10.1. The van der Waals surface area contributed by atoms with Crippen molar-refractivity contribution in [2.75, 3.05) is 19.0 Å². The first-order chi connectivity index (χ1) is 7.99. The summed E-state index contributed by atoms with van der Waals surface area (Å²) in [5, 5.41) is 12.8. The topological polar surface area (TPSA) is 71.5 Å². The second kappa shape index (κ2) is 6.18. The number of carbonyl (C=O) groups excluding carboxylic acids is 1. The minimum atomic E-state index is -0.497. The number of thiazole rings is 1. The lowest BCUT2D eigenvalue weighted by molar-refractivity contribution is 0.0606. The van der Waals surface area contributed by atoms with Crippen molar-refractivity contribution >= 4 is 34.0 Å². The van der Waals surface area contributed by atoms with Gasteiger partial charge < -0.3 is 15.2 Å². The predicted molar refractivity (Wildman–Crippen MR) is 67.8 cm³/mol. The van der Waals surface area contributed by atoms with Crippen molar-refractivity contribution in [3.63, 3.8) is 0 Å². The smallest absolute Gasteiger partial charge is 0.351 e. The summed E-state index contributed by atoms with van der Waals surface area (Å²) < 4.78 is 4.58. The van der Waals surface area contributed by atoms with Gasteiger partial charge in [-0.15, -0.1) is 0 Å². The molecule has 17 heavy (non-hydrogen) atoms. The summed E-state index contributed by atoms with van der Waals surface area (Å²) in [6.45, 7) is 3.92. The van der Waals surface area contributed by atoms with E-state index in [-0.39, 0.29) is 28.6 Å². The highest BCUT2D eigenvalue weighted by Gasteiger charge is 2.19. The fourth-order valence-corrected chi connectivity index (χ4v) is 2.28. The number of halogens is 1. The third-order valence-electron chi connectivity index (χ3n) is 2.45. The molecular weight excluding hydrogens is 264 g/mol. The molecule has 0 bridgehead atoms. The molecule has 0 saturated carbocycles. The molecule has 1 aromatic rings. The number of aromatic nitrogens is 1. The first-order valence-electron chi connectivity index (χ1n) is 5.11. The van der Waals surface area contributed by atoms with Crippen molar-refractivity contribution < 1.29 is 14.6 Å². The van der Waals surface area contributed by atoms with Crippen LogP contribution in [0.2, 0.25) is 5.15 Å². The second-order valence-corrected chi connectivity index (χ2v) is 5.08. The van der Waals surface area contributed by atoms with Crippen LogP contribution in [0.4, 0.5) is 5.13 Å². The number of aliphatic hydroxyl groups is 1. The van der Waals surface area contributed by atoms with E-state index < -0.39 is 5.97 Å². The maximum absolute atomic E-state index is 11.3. The highest BCUT2D eigenvalue weighted by molar-refractivity contribution is 7.18. The van der Waals surface area contributed by atoms with Crippen molar-refractivity contribution in [2.45, 2.75) is 19.9 Å². The molecule has 0 fully saturated rings. The predicted octanol–water partition coefficient (Wildman–Crippen LogP) is 2.01. The molecule has 96 valence electrons. The Kier molecular flexibility index (Phi) is 5.17. The number of hydrogen-bond acceptors (Lipinski definition) is 6. The number of esters is 1. The molecule has 0 aliphatic heterocycles. The Morgan fingerprint density at radius 2 is 2.29 bits per heavy atom. The molecule has 0 aliphatic rings. The van der Waals surface area contributed by atoms with E-state index in [2.05, 4.69) is 15.0 Å². The SMILES string of the molecule is COC(=O)c1sc(NC(C)C(C)CO)nc1Cl. The molecule has 7 heteroatoms. The average molecular weight is 279 g/mol. The van der Waals surface area contributed by atoms with E-state index in [1.807, 2.05) is 13.8 Å². The summed E-state index contributed by atoms with van der Waals surface area (Å²) >= 11 is 6.96. The normalized spacial score (nSPS) is 14.2. The number of nitrogens with zero attached hydrogens (tertiary/aromatic N) is 1. The van der Waals surface area contributed by atoms with Gasteiger partial charge in [-0.2, -0.15) is 0 Å². The van der Waals surface area contributed by atoms with Crippen LogP contribution in [-0.2, 0) is 4.74 Å². The van der Waals surface area contributed by atoms with E-state index in [9.17, 15) is 4.79 Å². The zero-order valence-corrected chi connectivity index (χ0v) is 11.4. The van der Waals surface area contributed by atoms with Gasteiger partial charge in [0.05, 0.1) is 7.11 Å². The molecule has 5 nitrogen and oxygen atoms in total. The van der Waals surface area contributed by atoms with Crippen LogP contribution < -0.4 is 5.32 Å². The van der Waals surface area contributed by atoms with Crippen LogP contribution in [0.25, 0.3) is 0 Å². The Hall–Kier alpha value is -0.850. The third kappa shape index (κ3) is 3.55. The maximum Gasteiger partial charge on any atom is 0.351 e. The Labute approximate surface area is 109 Å². The Morgan fingerprint density at radius 1 is 1.65 bits per heavy atom. The highest BCUT2D eigenvalue weighted by Crippen LogP contribution is 2.28. The van der Waals surface area contributed by atoms with Gasteiger partial charge in [-0.05, 0) is 12.8 Å². The second-order valence-electron chi connectivity index (χ2n) is 3.72. The fraction of sp³-hybridized carbons (Fsp3) is 0.600. The number of carbonyl (C=O) groups is 1. The summed E-state index contributed by atoms with van der Waals surface area (Å²) in [5.74, 6) is -0.414. The summed E-state index contributed by atoms with van der Waals surface area (Å²) in [4.78, 5) is 15.6. The van der Waals surface area contributed by atoms with Crippen molar-refractivity contribution in [3.8, 4) is 0 Å². The first-order valence-corrected chi connectivity index (χ1v) is 6.31. The van der Waals surface area contributed by atoms with Gasteiger partial charge in [-0.3, -0.25) is 0 Å². The Balaban J connectivity index is 2.77. The van der Waals surface area contributed by atoms with E-state index in [0.29, 0.717) is 5.13 Å². The van der Waals surface area contributed by atoms with Gasteiger partial charge >= 0.3 is 5.97 Å². The van der Waals surface area contributed by atoms with E-state index in [1.54, 1.807) is 0 Å². The molecular formula is C10H15ClN2O3S. The molecule has 0 spiro atoms. The van der Waals surface area contributed by atoms with Crippen LogP contribution in [0.3, 0.4) is 0 Å². The van der Waals surface area contributed by atoms with E-state index in [1.165, 1.54) is 7.11 Å². The van der Waals surface area contributed by atoms with Gasteiger partial charge in [0, 0.05) is 12.6 Å². The number of aliphatic hydroxyl groups excluding tert-OH is 1. The van der Waals surface area contributed by atoms with Gasteiger partial charge in [0.15, 0.2) is 15.2 Å². The van der Waals surface area contributed by atoms with Crippen molar-refractivity contribution in [1.82, 2.24) is 4.98 Å². The van der Waals surface area contributed by atoms with Crippen molar-refractivity contribution in [1.29, 1.82) is 0 Å². The quantitative estimate of drug-likeness (QED) is 0.806. The molecule has 1 aromatic heterocycles. The third-order valence-corrected chi connectivity index (χ3v) is 3.80. The van der Waals surface area contributed by atoms with Crippen molar-refractivity contribution in [3.05, 3.63) is 10.0 Å².